The summed E-state index contributed by atoms with van der Waals surface area (Å²) in [7, 11) is 0. The zero-order valence-electron chi connectivity index (χ0n) is 24.6. The van der Waals surface area contributed by atoms with Gasteiger partial charge in [0.2, 0.25) is 0 Å². The van der Waals surface area contributed by atoms with Gasteiger partial charge in [-0.1, -0.05) is 88.8 Å². The number of halogens is 2. The number of ether oxygens (including phenoxy) is 1. The van der Waals surface area contributed by atoms with Gasteiger partial charge in [-0.25, -0.2) is 8.78 Å². The molecule has 0 bridgehead atoms. The normalized spacial score (nSPS) is 14.3. The topological polar surface area (TPSA) is 55.0 Å². The number of aromatic amines is 1. The second kappa shape index (κ2) is 20.0. The van der Waals surface area contributed by atoms with Crippen molar-refractivity contribution in [3.8, 4) is 0 Å². The summed E-state index contributed by atoms with van der Waals surface area (Å²) in [6.45, 7) is 14.6. The van der Waals surface area contributed by atoms with Crippen molar-refractivity contribution in [2.75, 3.05) is 0 Å². The highest BCUT2D eigenvalue weighted by Gasteiger charge is 2.25. The summed E-state index contributed by atoms with van der Waals surface area (Å²) in [6, 6.07) is 2.05. The molecule has 1 heterocycles. The smallest absolute Gasteiger partial charge is 0.306 e. The molecule has 1 atom stereocenters. The fourth-order valence-corrected chi connectivity index (χ4v) is 3.45. The molecule has 212 valence electrons. The minimum atomic E-state index is -2.88. The predicted molar refractivity (Wildman–Crippen MR) is 157 cm³/mol. The molecule has 0 aromatic carbocycles. The zero-order chi connectivity index (χ0) is 29.0. The van der Waals surface area contributed by atoms with Crippen LogP contribution in [0.1, 0.15) is 98.4 Å². The lowest BCUT2D eigenvalue weighted by Gasteiger charge is -2.19. The van der Waals surface area contributed by atoms with Crippen molar-refractivity contribution in [3.63, 3.8) is 0 Å². The number of rotatable bonds is 14. The summed E-state index contributed by atoms with van der Waals surface area (Å²) in [5.41, 5.74) is 3.94. The Morgan fingerprint density at radius 1 is 1.11 bits per heavy atom. The van der Waals surface area contributed by atoms with Crippen LogP contribution in [-0.2, 0) is 9.53 Å². The minimum Gasteiger partial charge on any atom is -0.457 e. The number of hydrogen-bond acceptors (Lipinski definition) is 3. The van der Waals surface area contributed by atoms with Gasteiger partial charge in [-0.05, 0) is 58.1 Å². The Balaban J connectivity index is 0.000000784. The summed E-state index contributed by atoms with van der Waals surface area (Å²) < 4.78 is 32.6. The summed E-state index contributed by atoms with van der Waals surface area (Å²) in [5, 5.41) is 7.18. The van der Waals surface area contributed by atoms with Crippen molar-refractivity contribution in [3.05, 3.63) is 83.3 Å². The van der Waals surface area contributed by atoms with E-state index in [0.717, 1.165) is 48.7 Å². The first-order valence-corrected chi connectivity index (χ1v) is 13.7. The summed E-state index contributed by atoms with van der Waals surface area (Å²) in [4.78, 5) is 11.7. The maximum Gasteiger partial charge on any atom is 0.306 e. The number of hydrogen-bond donors (Lipinski definition) is 1. The van der Waals surface area contributed by atoms with Crippen LogP contribution in [0.2, 0.25) is 0 Å². The maximum atomic E-state index is 13.6. The van der Waals surface area contributed by atoms with Crippen LogP contribution in [0.5, 0.6) is 0 Å². The van der Waals surface area contributed by atoms with Crippen molar-refractivity contribution in [2.24, 2.45) is 0 Å². The zero-order valence-corrected chi connectivity index (χ0v) is 24.6. The monoisotopic (exact) mass is 530 g/mol. The number of carbonyl (C=O) groups is 1. The molecule has 1 aromatic rings. The third-order valence-corrected chi connectivity index (χ3v) is 5.37. The Morgan fingerprint density at radius 3 is 2.29 bits per heavy atom. The molecule has 1 rings (SSSR count). The fourth-order valence-electron chi connectivity index (χ4n) is 3.45. The van der Waals surface area contributed by atoms with E-state index in [1.54, 1.807) is 6.08 Å². The number of allylic oxidation sites excluding steroid dienone is 10. The molecule has 0 aliphatic carbocycles. The second-order valence-corrected chi connectivity index (χ2v) is 8.99. The average molecular weight is 531 g/mol. The number of nitrogens with zero attached hydrogens (tertiary/aromatic N) is 1. The van der Waals surface area contributed by atoms with Gasteiger partial charge in [-0.2, -0.15) is 5.10 Å². The van der Waals surface area contributed by atoms with Crippen LogP contribution in [0.15, 0.2) is 71.9 Å². The first-order chi connectivity index (χ1) is 18.1. The molecule has 0 aliphatic rings. The standard InChI is InChI=1S/C19H30F2O2.C13H18N2/c1-6-10-16(19(5,20)21)14-13-15(9-4)17(11-7-2)23-18(22)12-8-3;1-4-6-7-9-12(8-5-2)13-10-11(3)14-15-13/h9-10,13-14,17H,6-8,11-12H2,1-5H3;5-10H,4H2,1-3H3,(H,14,15)/b14-13-,15-9+,16-10+;7-6+,8-5-,12-9+. The van der Waals surface area contributed by atoms with E-state index in [-0.39, 0.29) is 17.6 Å². The third-order valence-electron chi connectivity index (χ3n) is 5.37. The number of nitrogens with one attached hydrogen (secondary N) is 1. The molecular formula is C32H48F2N2O2. The molecular weight excluding hydrogens is 482 g/mol. The van der Waals surface area contributed by atoms with Gasteiger partial charge in [0, 0.05) is 30.2 Å². The van der Waals surface area contributed by atoms with Gasteiger partial charge in [0.25, 0.3) is 5.92 Å². The quantitative estimate of drug-likeness (QED) is 0.192. The van der Waals surface area contributed by atoms with Crippen LogP contribution >= 0.6 is 0 Å². The lowest BCUT2D eigenvalue weighted by molar-refractivity contribution is -0.147. The van der Waals surface area contributed by atoms with Crippen molar-refractivity contribution in [1.29, 1.82) is 0 Å². The van der Waals surface area contributed by atoms with E-state index in [4.69, 9.17) is 4.74 Å². The van der Waals surface area contributed by atoms with E-state index in [0.29, 0.717) is 19.3 Å². The Hall–Kier alpha value is -3.02. The highest BCUT2D eigenvalue weighted by Crippen LogP contribution is 2.26. The summed E-state index contributed by atoms with van der Waals surface area (Å²) in [5.74, 6) is -3.13. The van der Waals surface area contributed by atoms with Gasteiger partial charge in [0.1, 0.15) is 6.10 Å². The molecule has 4 nitrogen and oxygen atoms in total. The number of aromatic nitrogens is 2. The predicted octanol–water partition coefficient (Wildman–Crippen LogP) is 9.64. The summed E-state index contributed by atoms with van der Waals surface area (Å²) >= 11 is 0. The second-order valence-electron chi connectivity index (χ2n) is 8.99. The molecule has 0 radical (unpaired) electrons. The van der Waals surface area contributed by atoms with E-state index >= 15 is 0 Å². The average Bonchev–Trinajstić information content (AvgIpc) is 3.29. The maximum absolute atomic E-state index is 13.6. The minimum absolute atomic E-state index is 0.0190. The molecule has 0 aliphatic heterocycles. The molecule has 0 saturated heterocycles. The first-order valence-electron chi connectivity index (χ1n) is 13.7. The van der Waals surface area contributed by atoms with Gasteiger partial charge in [-0.15, -0.1) is 0 Å². The third kappa shape index (κ3) is 14.7. The van der Waals surface area contributed by atoms with E-state index < -0.39 is 5.92 Å². The van der Waals surface area contributed by atoms with Crippen LogP contribution < -0.4 is 0 Å². The molecule has 0 fully saturated rings. The Kier molecular flexibility index (Phi) is 18.4. The number of aryl methyl sites for hydroxylation is 1. The molecule has 6 heteroatoms. The van der Waals surface area contributed by atoms with E-state index in [2.05, 4.69) is 41.4 Å². The van der Waals surface area contributed by atoms with Crippen LogP contribution in [0.4, 0.5) is 8.78 Å². The van der Waals surface area contributed by atoms with Gasteiger partial charge in [0.15, 0.2) is 0 Å². The van der Waals surface area contributed by atoms with Crippen LogP contribution in [0, 0.1) is 6.92 Å². The van der Waals surface area contributed by atoms with E-state index in [1.807, 2.05) is 59.8 Å². The van der Waals surface area contributed by atoms with Gasteiger partial charge in [-0.3, -0.25) is 9.89 Å². The molecule has 38 heavy (non-hydrogen) atoms. The number of alkyl halides is 2. The van der Waals surface area contributed by atoms with Crippen molar-refractivity contribution in [2.45, 2.75) is 106 Å². The molecule has 1 aromatic heterocycles. The van der Waals surface area contributed by atoms with Crippen molar-refractivity contribution >= 4 is 11.5 Å². The highest BCUT2D eigenvalue weighted by molar-refractivity contribution is 5.73. The first kappa shape index (κ1) is 35.0. The highest BCUT2D eigenvalue weighted by atomic mass is 19.3. The number of H-pyrrole nitrogens is 1. The SMILES string of the molecule is C\C=C(/C=C\C(=C/CC)C(C)(F)F)C(CCC)OC(=O)CCC.C\C=C/C(=C\C=C\CC)c1cc(C)[nH]n1. The van der Waals surface area contributed by atoms with Gasteiger partial charge < -0.3 is 4.74 Å². The number of esters is 1. The Labute approximate surface area is 229 Å². The van der Waals surface area contributed by atoms with E-state index in [9.17, 15) is 13.6 Å². The van der Waals surface area contributed by atoms with Crippen molar-refractivity contribution in [1.82, 2.24) is 10.2 Å². The van der Waals surface area contributed by atoms with Crippen LogP contribution in [-0.4, -0.2) is 28.2 Å². The fraction of sp³-hybridized carbons (Fsp3) is 0.500. The van der Waals surface area contributed by atoms with Crippen molar-refractivity contribution < 1.29 is 18.3 Å². The number of carbonyl (C=O) groups excluding carboxylic acids is 1. The lowest BCUT2D eigenvalue weighted by atomic mass is 10.0. The van der Waals surface area contributed by atoms with Gasteiger partial charge >= 0.3 is 5.97 Å². The van der Waals surface area contributed by atoms with Crippen LogP contribution in [0.3, 0.4) is 0 Å². The Morgan fingerprint density at radius 2 is 1.82 bits per heavy atom. The van der Waals surface area contributed by atoms with Gasteiger partial charge in [0.05, 0.1) is 5.69 Å². The molecule has 0 amide bonds. The summed E-state index contributed by atoms with van der Waals surface area (Å²) in [6.07, 6.45) is 20.6. The van der Waals surface area contributed by atoms with E-state index in [1.165, 1.54) is 12.2 Å². The molecule has 0 spiro atoms. The lowest BCUT2D eigenvalue weighted by Crippen LogP contribution is -2.20. The van der Waals surface area contributed by atoms with Crippen LogP contribution in [0.25, 0.3) is 5.57 Å². The molecule has 1 N–H and O–H groups in total. The molecule has 1 unspecified atom stereocenters. The largest absolute Gasteiger partial charge is 0.457 e. The Bertz CT molecular complexity index is 989. The molecule has 0 saturated carbocycles.